The summed E-state index contributed by atoms with van der Waals surface area (Å²) >= 11 is 0. The average molecular weight is 273 g/mol. The van der Waals surface area contributed by atoms with E-state index in [2.05, 4.69) is 4.98 Å². The van der Waals surface area contributed by atoms with Crippen LogP contribution in [0.4, 0.5) is 0 Å². The van der Waals surface area contributed by atoms with Gasteiger partial charge in [-0.15, -0.1) is 0 Å². The number of ketones is 1. The quantitative estimate of drug-likeness (QED) is 0.514. The first-order valence-corrected chi connectivity index (χ1v) is 6.69. The van der Waals surface area contributed by atoms with E-state index in [0.29, 0.717) is 11.1 Å². The maximum absolute atomic E-state index is 12.7. The summed E-state index contributed by atoms with van der Waals surface area (Å²) in [7, 11) is 0. The van der Waals surface area contributed by atoms with Crippen molar-refractivity contribution in [3.63, 3.8) is 0 Å². The fourth-order valence-corrected chi connectivity index (χ4v) is 2.52. The first-order valence-electron chi connectivity index (χ1n) is 6.69. The monoisotopic (exact) mass is 273 g/mol. The van der Waals surface area contributed by atoms with Crippen LogP contribution in [0.25, 0.3) is 21.9 Å². The standard InChI is InChI=1S/C18H11NO2/c20-18(15-11-21-17-6-2-1-5-14(15)17)13-8-7-12-4-3-9-19-16(12)10-13/h1-11H. The molecule has 4 rings (SSSR count). The van der Waals surface area contributed by atoms with Crippen molar-refractivity contribution in [2.24, 2.45) is 0 Å². The molecule has 4 aromatic rings. The van der Waals surface area contributed by atoms with Crippen molar-refractivity contribution >= 4 is 27.7 Å². The number of para-hydroxylation sites is 1. The Morgan fingerprint density at radius 2 is 1.90 bits per heavy atom. The Morgan fingerprint density at radius 3 is 2.86 bits per heavy atom. The molecule has 3 heteroatoms. The third-order valence-electron chi connectivity index (χ3n) is 3.59. The Balaban J connectivity index is 1.86. The van der Waals surface area contributed by atoms with Crippen LogP contribution in [0.1, 0.15) is 15.9 Å². The molecule has 100 valence electrons. The van der Waals surface area contributed by atoms with Crippen molar-refractivity contribution in [3.05, 3.63) is 78.2 Å². The van der Waals surface area contributed by atoms with Gasteiger partial charge in [0.25, 0.3) is 0 Å². The second kappa shape index (κ2) is 4.56. The largest absolute Gasteiger partial charge is 0.464 e. The molecule has 21 heavy (non-hydrogen) atoms. The highest BCUT2D eigenvalue weighted by molar-refractivity contribution is 6.16. The summed E-state index contributed by atoms with van der Waals surface area (Å²) in [5.41, 5.74) is 2.74. The van der Waals surface area contributed by atoms with Crippen LogP contribution >= 0.6 is 0 Å². The predicted octanol–water partition coefficient (Wildman–Crippen LogP) is 4.21. The van der Waals surface area contributed by atoms with Crippen molar-refractivity contribution in [1.29, 1.82) is 0 Å². The van der Waals surface area contributed by atoms with Crippen LogP contribution < -0.4 is 0 Å². The number of pyridine rings is 1. The van der Waals surface area contributed by atoms with Gasteiger partial charge in [0.05, 0.1) is 11.1 Å². The normalized spacial score (nSPS) is 11.0. The van der Waals surface area contributed by atoms with E-state index in [9.17, 15) is 4.79 Å². The number of rotatable bonds is 2. The van der Waals surface area contributed by atoms with E-state index in [4.69, 9.17) is 4.42 Å². The summed E-state index contributed by atoms with van der Waals surface area (Å²) < 4.78 is 5.44. The molecule has 0 radical (unpaired) electrons. The van der Waals surface area contributed by atoms with E-state index >= 15 is 0 Å². The molecule has 0 saturated heterocycles. The lowest BCUT2D eigenvalue weighted by atomic mass is 10.0. The summed E-state index contributed by atoms with van der Waals surface area (Å²) in [6.07, 6.45) is 3.25. The Morgan fingerprint density at radius 1 is 1.00 bits per heavy atom. The number of nitrogens with zero attached hydrogens (tertiary/aromatic N) is 1. The highest BCUT2D eigenvalue weighted by Gasteiger charge is 2.15. The van der Waals surface area contributed by atoms with Gasteiger partial charge in [-0.2, -0.15) is 0 Å². The average Bonchev–Trinajstić information content (AvgIpc) is 2.98. The number of carbonyl (C=O) groups excluding carboxylic acids is 1. The van der Waals surface area contributed by atoms with Crippen molar-refractivity contribution in [2.45, 2.75) is 0 Å². The lowest BCUT2D eigenvalue weighted by Crippen LogP contribution is -2.00. The first-order chi connectivity index (χ1) is 10.3. The third kappa shape index (κ3) is 1.91. The van der Waals surface area contributed by atoms with Crippen molar-refractivity contribution in [3.8, 4) is 0 Å². The SMILES string of the molecule is O=C(c1ccc2cccnc2c1)c1coc2ccccc12. The molecule has 0 spiro atoms. The van der Waals surface area contributed by atoms with Gasteiger partial charge < -0.3 is 4.42 Å². The van der Waals surface area contributed by atoms with Crippen molar-refractivity contribution in [1.82, 2.24) is 4.98 Å². The van der Waals surface area contributed by atoms with Crippen molar-refractivity contribution < 1.29 is 9.21 Å². The zero-order chi connectivity index (χ0) is 14.2. The zero-order valence-electron chi connectivity index (χ0n) is 11.1. The highest BCUT2D eigenvalue weighted by atomic mass is 16.3. The van der Waals surface area contributed by atoms with E-state index < -0.39 is 0 Å². The fourth-order valence-electron chi connectivity index (χ4n) is 2.52. The molecule has 0 aliphatic heterocycles. The van der Waals surface area contributed by atoms with E-state index in [1.807, 2.05) is 54.6 Å². The maximum atomic E-state index is 12.7. The van der Waals surface area contributed by atoms with Gasteiger partial charge in [0.1, 0.15) is 11.8 Å². The Hall–Kier alpha value is -2.94. The summed E-state index contributed by atoms with van der Waals surface area (Å²) in [6, 6.07) is 17.0. The van der Waals surface area contributed by atoms with E-state index in [-0.39, 0.29) is 5.78 Å². The molecule has 0 saturated carbocycles. The van der Waals surface area contributed by atoms with Crippen LogP contribution in [0.15, 0.2) is 71.5 Å². The lowest BCUT2D eigenvalue weighted by Gasteiger charge is -2.01. The highest BCUT2D eigenvalue weighted by Crippen LogP contribution is 2.24. The Kier molecular flexibility index (Phi) is 2.57. The molecular formula is C18H11NO2. The molecule has 2 aromatic carbocycles. The molecule has 2 aromatic heterocycles. The van der Waals surface area contributed by atoms with E-state index in [1.165, 1.54) is 6.26 Å². The molecular weight excluding hydrogens is 262 g/mol. The van der Waals surface area contributed by atoms with Crippen LogP contribution in [-0.2, 0) is 0 Å². The van der Waals surface area contributed by atoms with E-state index in [0.717, 1.165) is 21.9 Å². The smallest absolute Gasteiger partial charge is 0.196 e. The molecule has 0 aliphatic rings. The maximum Gasteiger partial charge on any atom is 0.196 e. The zero-order valence-corrected chi connectivity index (χ0v) is 11.1. The number of hydrogen-bond acceptors (Lipinski definition) is 3. The molecule has 0 fully saturated rings. The van der Waals surface area contributed by atoms with Crippen molar-refractivity contribution in [2.75, 3.05) is 0 Å². The molecule has 3 nitrogen and oxygen atoms in total. The molecule has 0 bridgehead atoms. The fraction of sp³-hybridized carbons (Fsp3) is 0. The molecule has 0 aliphatic carbocycles. The second-order valence-electron chi connectivity index (χ2n) is 4.89. The van der Waals surface area contributed by atoms with Gasteiger partial charge in [0.15, 0.2) is 5.78 Å². The molecule has 2 heterocycles. The minimum Gasteiger partial charge on any atom is -0.464 e. The van der Waals surface area contributed by atoms with Gasteiger partial charge in [-0.1, -0.05) is 36.4 Å². The first kappa shape index (κ1) is 11.9. The molecule has 0 atom stereocenters. The molecule has 0 N–H and O–H groups in total. The van der Waals surface area contributed by atoms with E-state index in [1.54, 1.807) is 6.20 Å². The number of aromatic nitrogens is 1. The summed E-state index contributed by atoms with van der Waals surface area (Å²) in [4.78, 5) is 17.0. The van der Waals surface area contributed by atoms with Gasteiger partial charge in [0.2, 0.25) is 0 Å². The third-order valence-corrected chi connectivity index (χ3v) is 3.59. The van der Waals surface area contributed by atoms with Gasteiger partial charge >= 0.3 is 0 Å². The minimum absolute atomic E-state index is 0.0486. The number of furan rings is 1. The molecule has 0 amide bonds. The van der Waals surface area contributed by atoms with Gasteiger partial charge in [-0.3, -0.25) is 9.78 Å². The number of hydrogen-bond donors (Lipinski definition) is 0. The van der Waals surface area contributed by atoms with Crippen LogP contribution in [0, 0.1) is 0 Å². The summed E-state index contributed by atoms with van der Waals surface area (Å²) in [5, 5.41) is 1.86. The minimum atomic E-state index is -0.0486. The topological polar surface area (TPSA) is 43.1 Å². The number of fused-ring (bicyclic) bond motifs is 2. The van der Waals surface area contributed by atoms with Gasteiger partial charge in [0, 0.05) is 22.5 Å². The second-order valence-corrected chi connectivity index (χ2v) is 4.89. The molecule has 0 unspecified atom stereocenters. The van der Waals surface area contributed by atoms with Crippen LogP contribution in [0.3, 0.4) is 0 Å². The van der Waals surface area contributed by atoms with Crippen LogP contribution in [0.5, 0.6) is 0 Å². The predicted molar refractivity (Wildman–Crippen MR) is 81.4 cm³/mol. The number of carbonyl (C=O) groups is 1. The van der Waals surface area contributed by atoms with Gasteiger partial charge in [-0.25, -0.2) is 0 Å². The summed E-state index contributed by atoms with van der Waals surface area (Å²) in [5.74, 6) is -0.0486. The van der Waals surface area contributed by atoms with Crippen LogP contribution in [-0.4, -0.2) is 10.8 Å². The van der Waals surface area contributed by atoms with Gasteiger partial charge in [-0.05, 0) is 18.2 Å². The summed E-state index contributed by atoms with van der Waals surface area (Å²) in [6.45, 7) is 0. The lowest BCUT2D eigenvalue weighted by molar-refractivity contribution is 0.103. The Bertz CT molecular complexity index is 969. The van der Waals surface area contributed by atoms with Crippen LogP contribution in [0.2, 0.25) is 0 Å². The Labute approximate surface area is 120 Å². The number of benzene rings is 2.